The lowest BCUT2D eigenvalue weighted by molar-refractivity contribution is -0.108. The first-order valence-electron chi connectivity index (χ1n) is 5.38. The number of nitrogens with one attached hydrogen (secondary N) is 1. The number of hydrogen-bond acceptors (Lipinski definition) is 6. The number of anilines is 1. The zero-order chi connectivity index (χ0) is 13.2. The molecule has 7 nitrogen and oxygen atoms in total. The summed E-state index contributed by atoms with van der Waals surface area (Å²) in [4.78, 5) is 16.0. The fraction of sp³-hybridized carbons (Fsp3) is 0.400. The van der Waals surface area contributed by atoms with Crippen molar-refractivity contribution in [2.45, 2.75) is 17.4 Å². The molecule has 1 aromatic heterocycles. The van der Waals surface area contributed by atoms with E-state index >= 15 is 0 Å². The number of rotatable bonds is 4. The van der Waals surface area contributed by atoms with Crippen LogP contribution in [-0.4, -0.2) is 44.1 Å². The van der Waals surface area contributed by atoms with Gasteiger partial charge >= 0.3 is 0 Å². The van der Waals surface area contributed by atoms with Crippen molar-refractivity contribution in [3.05, 3.63) is 18.3 Å². The van der Waals surface area contributed by atoms with Crippen molar-refractivity contribution in [1.29, 1.82) is 0 Å². The molecule has 0 radical (unpaired) electrons. The van der Waals surface area contributed by atoms with Crippen LogP contribution < -0.4 is 9.62 Å². The molecule has 2 N–H and O–H groups in total. The molecule has 98 valence electrons. The number of hydrogen-bond donors (Lipinski definition) is 2. The van der Waals surface area contributed by atoms with Crippen molar-refractivity contribution < 1.29 is 18.3 Å². The summed E-state index contributed by atoms with van der Waals surface area (Å²) < 4.78 is 24.7. The first-order chi connectivity index (χ1) is 8.53. The quantitative estimate of drug-likeness (QED) is 0.688. The fourth-order valence-corrected chi connectivity index (χ4v) is 2.50. The summed E-state index contributed by atoms with van der Waals surface area (Å²) in [6.07, 6.45) is 1.60. The van der Waals surface area contributed by atoms with Gasteiger partial charge in [-0.1, -0.05) is 0 Å². The summed E-state index contributed by atoms with van der Waals surface area (Å²) in [7, 11) is -3.81. The van der Waals surface area contributed by atoms with Crippen LogP contribution in [0.2, 0.25) is 0 Å². The van der Waals surface area contributed by atoms with E-state index in [0.29, 0.717) is 25.3 Å². The van der Waals surface area contributed by atoms with Crippen molar-refractivity contribution in [2.24, 2.45) is 0 Å². The van der Waals surface area contributed by atoms with Gasteiger partial charge in [0.1, 0.15) is 10.7 Å². The summed E-state index contributed by atoms with van der Waals surface area (Å²) in [6.45, 7) is 1.18. The van der Waals surface area contributed by atoms with Gasteiger partial charge in [0.25, 0.3) is 10.0 Å². The van der Waals surface area contributed by atoms with Crippen molar-refractivity contribution >= 4 is 22.3 Å². The molecular formula is C10H13N3O4S. The van der Waals surface area contributed by atoms with Crippen LogP contribution in [0, 0.1) is 0 Å². The highest BCUT2D eigenvalue weighted by Gasteiger charge is 2.22. The topological polar surface area (TPSA) is 99.6 Å². The molecule has 0 aliphatic carbocycles. The minimum Gasteiger partial charge on any atom is -0.391 e. The molecule has 1 amide bonds. The van der Waals surface area contributed by atoms with E-state index in [1.54, 1.807) is 10.8 Å². The highest BCUT2D eigenvalue weighted by molar-refractivity contribution is 7.90. The van der Waals surface area contributed by atoms with Gasteiger partial charge in [0.05, 0.1) is 6.10 Å². The molecule has 1 fully saturated rings. The Kier molecular flexibility index (Phi) is 3.48. The molecule has 2 heterocycles. The van der Waals surface area contributed by atoms with Gasteiger partial charge in [-0.05, 0) is 18.6 Å². The number of pyridine rings is 1. The molecule has 0 bridgehead atoms. The number of nitrogens with zero attached hydrogens (tertiary/aromatic N) is 2. The summed E-state index contributed by atoms with van der Waals surface area (Å²) in [5, 5.41) is 9.40. The van der Waals surface area contributed by atoms with Crippen LogP contribution in [0.15, 0.2) is 23.2 Å². The van der Waals surface area contributed by atoms with Gasteiger partial charge in [-0.3, -0.25) is 9.52 Å². The Hall–Kier alpha value is -1.67. The van der Waals surface area contributed by atoms with Crippen molar-refractivity contribution in [2.75, 3.05) is 18.0 Å². The van der Waals surface area contributed by atoms with Gasteiger partial charge in [0, 0.05) is 19.3 Å². The Morgan fingerprint density at radius 3 is 2.78 bits per heavy atom. The average molecular weight is 271 g/mol. The molecule has 8 heteroatoms. The maximum atomic E-state index is 11.5. The summed E-state index contributed by atoms with van der Waals surface area (Å²) in [6, 6.07) is 2.93. The lowest BCUT2D eigenvalue weighted by atomic mass is 10.3. The average Bonchev–Trinajstić information content (AvgIpc) is 2.76. The predicted octanol–water partition coefficient (Wildman–Crippen LogP) is -0.913. The van der Waals surface area contributed by atoms with Crippen LogP contribution >= 0.6 is 0 Å². The van der Waals surface area contributed by atoms with Gasteiger partial charge in [0.15, 0.2) is 0 Å². The van der Waals surface area contributed by atoms with Gasteiger partial charge < -0.3 is 10.0 Å². The predicted molar refractivity (Wildman–Crippen MR) is 63.5 cm³/mol. The summed E-state index contributed by atoms with van der Waals surface area (Å²) >= 11 is 0. The van der Waals surface area contributed by atoms with Gasteiger partial charge in [-0.15, -0.1) is 0 Å². The van der Waals surface area contributed by atoms with Crippen LogP contribution in [0.4, 0.5) is 5.82 Å². The second kappa shape index (κ2) is 4.91. The molecule has 1 atom stereocenters. The Bertz CT molecular complexity index is 529. The number of β-amino-alcohol motifs (C(OH)–C–C–N with tert-alkyl or cyclic N) is 1. The van der Waals surface area contributed by atoms with Crippen molar-refractivity contribution in [3.63, 3.8) is 0 Å². The molecule has 1 aliphatic heterocycles. The molecule has 18 heavy (non-hydrogen) atoms. The largest absolute Gasteiger partial charge is 0.391 e. The van der Waals surface area contributed by atoms with Crippen LogP contribution in [0.1, 0.15) is 6.42 Å². The van der Waals surface area contributed by atoms with Crippen LogP contribution in [0.5, 0.6) is 0 Å². The zero-order valence-electron chi connectivity index (χ0n) is 9.48. The molecule has 1 unspecified atom stereocenters. The Morgan fingerprint density at radius 1 is 1.50 bits per heavy atom. The third-order valence-corrected chi connectivity index (χ3v) is 3.99. The number of sulfonamides is 1. The Labute approximate surface area is 104 Å². The van der Waals surface area contributed by atoms with E-state index in [1.165, 1.54) is 12.3 Å². The zero-order valence-corrected chi connectivity index (χ0v) is 10.3. The molecule has 1 saturated heterocycles. The lowest BCUT2D eigenvalue weighted by Gasteiger charge is -2.16. The smallest absolute Gasteiger partial charge is 0.265 e. The molecule has 2 rings (SSSR count). The third-order valence-electron chi connectivity index (χ3n) is 2.72. The maximum absolute atomic E-state index is 11.5. The van der Waals surface area contributed by atoms with E-state index in [9.17, 15) is 18.3 Å². The number of carbonyl (C=O) groups excluding carboxylic acids is 1. The molecule has 1 aromatic rings. The van der Waals surface area contributed by atoms with E-state index in [0.717, 1.165) is 0 Å². The molecule has 0 spiro atoms. The summed E-state index contributed by atoms with van der Waals surface area (Å²) in [5.41, 5.74) is 0. The first-order valence-corrected chi connectivity index (χ1v) is 6.86. The maximum Gasteiger partial charge on any atom is 0.265 e. The monoisotopic (exact) mass is 271 g/mol. The standard InChI is InChI=1S/C10H13N3O4S/c14-7-12-18(16,17)9-1-2-10(11-5-9)13-4-3-8(15)6-13/h1-2,5,7-8,15H,3-4,6H2,(H,12,14). The minimum absolute atomic E-state index is 0.0712. The molecule has 0 aromatic carbocycles. The Balaban J connectivity index is 2.18. The lowest BCUT2D eigenvalue weighted by Crippen LogP contribution is -2.24. The number of aliphatic hydroxyl groups excluding tert-OH is 1. The third kappa shape index (κ3) is 2.59. The molecule has 1 aliphatic rings. The Morgan fingerprint density at radius 2 is 2.28 bits per heavy atom. The summed E-state index contributed by atoms with van der Waals surface area (Å²) in [5.74, 6) is 0.608. The number of aliphatic hydroxyl groups is 1. The normalized spacial score (nSPS) is 19.8. The van der Waals surface area contributed by atoms with E-state index in [4.69, 9.17) is 0 Å². The first kappa shape index (κ1) is 12.8. The highest BCUT2D eigenvalue weighted by atomic mass is 32.2. The second-order valence-electron chi connectivity index (χ2n) is 3.98. The number of carbonyl (C=O) groups is 1. The van der Waals surface area contributed by atoms with Gasteiger partial charge in [0.2, 0.25) is 6.41 Å². The van der Waals surface area contributed by atoms with Gasteiger partial charge in [-0.25, -0.2) is 13.4 Å². The number of aromatic nitrogens is 1. The van der Waals surface area contributed by atoms with E-state index in [1.807, 2.05) is 4.90 Å². The SMILES string of the molecule is O=CNS(=O)(=O)c1ccc(N2CCC(O)C2)nc1. The van der Waals surface area contributed by atoms with E-state index < -0.39 is 10.0 Å². The molecule has 0 saturated carbocycles. The second-order valence-corrected chi connectivity index (χ2v) is 5.69. The molecular weight excluding hydrogens is 258 g/mol. The minimum atomic E-state index is -3.81. The fourth-order valence-electron chi connectivity index (χ4n) is 1.80. The highest BCUT2D eigenvalue weighted by Crippen LogP contribution is 2.19. The van der Waals surface area contributed by atoms with Crippen LogP contribution in [0.25, 0.3) is 0 Å². The van der Waals surface area contributed by atoms with Crippen molar-refractivity contribution in [3.8, 4) is 0 Å². The van der Waals surface area contributed by atoms with Crippen molar-refractivity contribution in [1.82, 2.24) is 9.71 Å². The van der Waals surface area contributed by atoms with Crippen LogP contribution in [0.3, 0.4) is 0 Å². The van der Waals surface area contributed by atoms with Crippen LogP contribution in [-0.2, 0) is 14.8 Å². The van der Waals surface area contributed by atoms with E-state index in [-0.39, 0.29) is 17.4 Å². The van der Waals surface area contributed by atoms with Gasteiger partial charge in [-0.2, -0.15) is 0 Å². The van der Waals surface area contributed by atoms with E-state index in [2.05, 4.69) is 4.98 Å². The number of amides is 1.